The van der Waals surface area contributed by atoms with E-state index in [0.717, 1.165) is 16.4 Å². The van der Waals surface area contributed by atoms with Crippen LogP contribution in [0.15, 0.2) is 70.8 Å². The van der Waals surface area contributed by atoms with E-state index in [1.807, 2.05) is 36.4 Å². The molecule has 2 atom stereocenters. The number of hydrogen-bond donors (Lipinski definition) is 2. The third kappa shape index (κ3) is 7.09. The van der Waals surface area contributed by atoms with Crippen molar-refractivity contribution < 1.29 is 10.2 Å². The summed E-state index contributed by atoms with van der Waals surface area (Å²) in [5, 5.41) is 22.0. The molecule has 2 N–H and O–H groups in total. The SMILES string of the molecule is C=[C](C([C@@H](O)CCc1ccccc1)[C@@H](O)CCc1ccccc1)[Sn]([CH3])([CH3])[CH3]. The van der Waals surface area contributed by atoms with Crippen molar-refractivity contribution >= 4 is 18.4 Å². The van der Waals surface area contributed by atoms with E-state index in [4.69, 9.17) is 0 Å². The molecule has 0 aliphatic rings. The van der Waals surface area contributed by atoms with Crippen LogP contribution in [0.1, 0.15) is 24.0 Å². The normalized spacial score (nSPS) is 14.1. The Morgan fingerprint density at radius 2 is 1.15 bits per heavy atom. The summed E-state index contributed by atoms with van der Waals surface area (Å²) in [4.78, 5) is 6.91. The van der Waals surface area contributed by atoms with Crippen LogP contribution >= 0.6 is 0 Å². The zero-order valence-corrected chi connectivity index (χ0v) is 19.8. The maximum atomic E-state index is 11.0. The first-order valence-corrected chi connectivity index (χ1v) is 19.9. The van der Waals surface area contributed by atoms with Crippen molar-refractivity contribution in [2.45, 2.75) is 52.7 Å². The zero-order chi connectivity index (χ0) is 19.9. The first-order chi connectivity index (χ1) is 12.8. The Hall–Kier alpha value is -1.10. The fourth-order valence-corrected chi connectivity index (χ4v) is 7.45. The van der Waals surface area contributed by atoms with Gasteiger partial charge < -0.3 is 0 Å². The quantitative estimate of drug-likeness (QED) is 0.476. The number of aliphatic hydroxyl groups excluding tert-OH is 2. The minimum absolute atomic E-state index is 0.228. The van der Waals surface area contributed by atoms with Crippen LogP contribution in [0.2, 0.25) is 14.8 Å². The Morgan fingerprint density at radius 3 is 1.48 bits per heavy atom. The van der Waals surface area contributed by atoms with Crippen LogP contribution in [-0.4, -0.2) is 40.8 Å². The summed E-state index contributed by atoms with van der Waals surface area (Å²) in [6.45, 7) is 4.35. The number of aliphatic hydroxyl groups is 2. The summed E-state index contributed by atoms with van der Waals surface area (Å²) in [6.07, 6.45) is 1.82. The molecular formula is C24H34O2Sn. The molecule has 0 bridgehead atoms. The molecule has 0 saturated carbocycles. The van der Waals surface area contributed by atoms with Crippen LogP contribution in [0.3, 0.4) is 0 Å². The van der Waals surface area contributed by atoms with Crippen molar-refractivity contribution in [2.24, 2.45) is 5.92 Å². The van der Waals surface area contributed by atoms with Crippen molar-refractivity contribution in [3.05, 3.63) is 82.0 Å². The molecule has 3 heteroatoms. The molecule has 0 aromatic heterocycles. The van der Waals surface area contributed by atoms with E-state index in [1.54, 1.807) is 0 Å². The minimum atomic E-state index is -2.46. The first-order valence-electron chi connectivity index (χ1n) is 9.92. The molecule has 2 rings (SSSR count). The van der Waals surface area contributed by atoms with Crippen molar-refractivity contribution in [1.82, 2.24) is 0 Å². The Labute approximate surface area is 168 Å². The molecule has 2 aromatic rings. The van der Waals surface area contributed by atoms with Gasteiger partial charge in [-0.2, -0.15) is 0 Å². The van der Waals surface area contributed by atoms with Crippen LogP contribution in [-0.2, 0) is 12.8 Å². The van der Waals surface area contributed by atoms with E-state index in [1.165, 1.54) is 11.1 Å². The molecule has 0 saturated heterocycles. The van der Waals surface area contributed by atoms with Crippen LogP contribution in [0.25, 0.3) is 0 Å². The Bertz CT molecular complexity index is 642. The zero-order valence-electron chi connectivity index (χ0n) is 16.9. The fraction of sp³-hybridized carbons (Fsp3) is 0.417. The van der Waals surface area contributed by atoms with Gasteiger partial charge in [0.15, 0.2) is 0 Å². The van der Waals surface area contributed by atoms with Gasteiger partial charge in [-0.1, -0.05) is 0 Å². The van der Waals surface area contributed by atoms with E-state index in [0.29, 0.717) is 12.8 Å². The van der Waals surface area contributed by atoms with Gasteiger partial charge >= 0.3 is 169 Å². The second kappa shape index (κ2) is 10.4. The van der Waals surface area contributed by atoms with Crippen LogP contribution in [0.4, 0.5) is 0 Å². The van der Waals surface area contributed by atoms with Crippen molar-refractivity contribution in [2.75, 3.05) is 0 Å². The van der Waals surface area contributed by atoms with Gasteiger partial charge in [0.25, 0.3) is 0 Å². The second-order valence-electron chi connectivity index (χ2n) is 8.48. The van der Waals surface area contributed by atoms with Crippen LogP contribution in [0.5, 0.6) is 0 Å². The molecule has 0 unspecified atom stereocenters. The Kier molecular flexibility index (Phi) is 8.58. The first kappa shape index (κ1) is 22.2. The van der Waals surface area contributed by atoms with Crippen molar-refractivity contribution in [3.8, 4) is 0 Å². The molecule has 0 radical (unpaired) electrons. The third-order valence-corrected chi connectivity index (χ3v) is 11.8. The van der Waals surface area contributed by atoms with Gasteiger partial charge in [0.2, 0.25) is 0 Å². The molecule has 0 spiro atoms. The number of rotatable bonds is 10. The summed E-state index contributed by atoms with van der Waals surface area (Å²) in [7, 11) is 0. The molecule has 2 aromatic carbocycles. The summed E-state index contributed by atoms with van der Waals surface area (Å²) in [5.74, 6) is -0.228. The van der Waals surface area contributed by atoms with Gasteiger partial charge in [0.1, 0.15) is 0 Å². The molecule has 0 fully saturated rings. The topological polar surface area (TPSA) is 40.5 Å². The second-order valence-corrected chi connectivity index (χ2v) is 23.2. The van der Waals surface area contributed by atoms with Gasteiger partial charge in [-0.05, 0) is 0 Å². The molecule has 0 aliphatic carbocycles. The van der Waals surface area contributed by atoms with Crippen LogP contribution < -0.4 is 0 Å². The summed E-state index contributed by atoms with van der Waals surface area (Å²) < 4.78 is 1.13. The van der Waals surface area contributed by atoms with Gasteiger partial charge in [-0.3, -0.25) is 0 Å². The molecule has 0 aliphatic heterocycles. The molecular weight excluding hydrogens is 439 g/mol. The van der Waals surface area contributed by atoms with E-state index in [-0.39, 0.29) is 5.92 Å². The predicted molar refractivity (Wildman–Crippen MR) is 118 cm³/mol. The van der Waals surface area contributed by atoms with Gasteiger partial charge in [-0.25, -0.2) is 0 Å². The summed E-state index contributed by atoms with van der Waals surface area (Å²) in [6, 6.07) is 20.5. The standard InChI is InChI=1S/C21H25O2.3CH3.Sn/c1-2-19(20(22)15-13-17-9-5-3-6-10-17)21(23)16-14-18-11-7-4-8-12-18;;;;/h3-12,19-23H,1,13-16H2;3*1H3;/t20-,21-;;;;/m0..../s1. The Balaban J connectivity index is 2.06. The van der Waals surface area contributed by atoms with Crippen LogP contribution in [0, 0.1) is 5.92 Å². The van der Waals surface area contributed by atoms with Gasteiger partial charge in [-0.15, -0.1) is 0 Å². The molecule has 0 heterocycles. The number of hydrogen-bond acceptors (Lipinski definition) is 2. The molecule has 0 amide bonds. The molecule has 27 heavy (non-hydrogen) atoms. The fourth-order valence-electron chi connectivity index (χ4n) is 3.50. The third-order valence-electron chi connectivity index (χ3n) is 5.34. The molecule has 2 nitrogen and oxygen atoms in total. The summed E-state index contributed by atoms with van der Waals surface area (Å²) in [5.41, 5.74) is 2.44. The number of aryl methyl sites for hydroxylation is 2. The molecule has 146 valence electrons. The number of benzene rings is 2. The average Bonchev–Trinajstić information content (AvgIpc) is 2.66. The van der Waals surface area contributed by atoms with Crippen molar-refractivity contribution in [3.63, 3.8) is 0 Å². The van der Waals surface area contributed by atoms with E-state index in [9.17, 15) is 10.2 Å². The van der Waals surface area contributed by atoms with E-state index >= 15 is 0 Å². The summed E-state index contributed by atoms with van der Waals surface area (Å²) >= 11 is -2.46. The van der Waals surface area contributed by atoms with Crippen molar-refractivity contribution in [1.29, 1.82) is 0 Å². The maximum absolute atomic E-state index is 11.0. The average molecular weight is 473 g/mol. The van der Waals surface area contributed by atoms with Gasteiger partial charge in [0, 0.05) is 0 Å². The van der Waals surface area contributed by atoms with Gasteiger partial charge in [0.05, 0.1) is 0 Å². The van der Waals surface area contributed by atoms with E-state index < -0.39 is 30.6 Å². The Morgan fingerprint density at radius 1 is 0.778 bits per heavy atom. The predicted octanol–water partition coefficient (Wildman–Crippen LogP) is 5.02. The van der Waals surface area contributed by atoms with E-state index in [2.05, 4.69) is 45.7 Å². The monoisotopic (exact) mass is 474 g/mol.